The molecule has 0 aliphatic rings. The van der Waals surface area contributed by atoms with Gasteiger partial charge in [-0.25, -0.2) is 4.99 Å². The number of hydrogen-bond acceptors (Lipinski definition) is 4. The van der Waals surface area contributed by atoms with Crippen molar-refractivity contribution in [1.29, 1.82) is 0 Å². The third-order valence-electron chi connectivity index (χ3n) is 2.17. The topological polar surface area (TPSA) is 91.5 Å². The van der Waals surface area contributed by atoms with Crippen LogP contribution in [0.5, 0.6) is 5.75 Å². The number of hydrogen-bond donors (Lipinski definition) is 3. The van der Waals surface area contributed by atoms with E-state index in [-0.39, 0.29) is 134 Å². The molecule has 0 saturated heterocycles. The maximum atomic E-state index is 11.4. The Bertz CT molecular complexity index is 589. The molecule has 0 aliphatic heterocycles. The second-order valence-corrected chi connectivity index (χ2v) is 4.09. The van der Waals surface area contributed by atoms with Gasteiger partial charge in [0.05, 0.1) is 11.5 Å². The fourth-order valence-electron chi connectivity index (χ4n) is 1.32. The van der Waals surface area contributed by atoms with Crippen molar-refractivity contribution in [1.82, 2.24) is 4.98 Å². The molecule has 5 nitrogen and oxygen atoms in total. The van der Waals surface area contributed by atoms with Crippen LogP contribution in [0.25, 0.3) is 0 Å². The molecule has 0 amide bonds. The van der Waals surface area contributed by atoms with Crippen LogP contribution >= 0.6 is 11.8 Å². The van der Waals surface area contributed by atoms with E-state index in [1.54, 1.807) is 6.08 Å². The molecular weight excluding hydrogens is 445 g/mol. The van der Waals surface area contributed by atoms with Crippen molar-refractivity contribution in [2.75, 3.05) is 6.26 Å². The van der Waals surface area contributed by atoms with Crippen LogP contribution in [0.1, 0.15) is 19.4 Å². The van der Waals surface area contributed by atoms with Crippen LogP contribution in [0.3, 0.4) is 0 Å². The van der Waals surface area contributed by atoms with Gasteiger partial charge < -0.3 is 20.6 Å². The molecule has 0 saturated carbocycles. The van der Waals surface area contributed by atoms with E-state index in [4.69, 9.17) is 5.73 Å². The monoisotopic (exact) mass is 464 g/mol. The zero-order chi connectivity index (χ0) is 15.7. The standard InChI is InChI=1S/C12H14N3O2S.C2H6.2Rb/c1-4-7(9(5-2)18-3)15-11(13)10-8(16)6-14-12(10)17;1-2;;/h4-6,16H,1-2H2,3H3,(H2,13,15)(H,14,17);1-2H3;;/q-1;;2*+1/b9-7-;;;. The first-order valence-electron chi connectivity index (χ1n) is 6.00. The van der Waals surface area contributed by atoms with Gasteiger partial charge in [-0.3, -0.25) is 0 Å². The summed E-state index contributed by atoms with van der Waals surface area (Å²) in [7, 11) is 0. The maximum Gasteiger partial charge on any atom is 1.00 e. The van der Waals surface area contributed by atoms with Crippen molar-refractivity contribution in [2.24, 2.45) is 10.7 Å². The predicted molar refractivity (Wildman–Crippen MR) is 87.3 cm³/mol. The van der Waals surface area contributed by atoms with E-state index in [1.165, 1.54) is 24.0 Å². The van der Waals surface area contributed by atoms with E-state index in [9.17, 15) is 9.90 Å². The fourth-order valence-corrected chi connectivity index (χ4v) is 1.83. The van der Waals surface area contributed by atoms with Crippen molar-refractivity contribution in [3.63, 3.8) is 0 Å². The van der Waals surface area contributed by atoms with Crippen LogP contribution in [0.2, 0.25) is 0 Å². The zero-order valence-corrected chi connectivity index (χ0v) is 24.6. The first-order chi connectivity index (χ1) is 9.54. The van der Waals surface area contributed by atoms with Gasteiger partial charge in [0, 0.05) is 10.7 Å². The summed E-state index contributed by atoms with van der Waals surface area (Å²) in [6.45, 7) is 11.3. The summed E-state index contributed by atoms with van der Waals surface area (Å²) >= 11 is 1.43. The van der Waals surface area contributed by atoms with E-state index >= 15 is 0 Å². The molecule has 0 radical (unpaired) electrons. The van der Waals surface area contributed by atoms with E-state index in [0.29, 0.717) is 5.70 Å². The minimum atomic E-state index is -0.485. The fraction of sp³-hybridized carbons (Fsp3) is 0.214. The Balaban J connectivity index is -0.000000864. The van der Waals surface area contributed by atoms with Gasteiger partial charge >= 0.3 is 116 Å². The van der Waals surface area contributed by atoms with Gasteiger partial charge in [-0.05, 0) is 17.9 Å². The second-order valence-electron chi connectivity index (χ2n) is 3.24. The van der Waals surface area contributed by atoms with Gasteiger partial charge in [0.2, 0.25) is 0 Å². The number of nitrogens with two attached hydrogens (primary N) is 1. The molecule has 0 fully saturated rings. The number of amidine groups is 1. The summed E-state index contributed by atoms with van der Waals surface area (Å²) in [6, 6.07) is 0. The summed E-state index contributed by atoms with van der Waals surface area (Å²) in [6.07, 6.45) is 6.15. The number of nitrogens with one attached hydrogen (secondary N) is 1. The maximum absolute atomic E-state index is 11.4. The van der Waals surface area contributed by atoms with Crippen molar-refractivity contribution in [3.05, 3.63) is 58.0 Å². The molecule has 1 aromatic heterocycles. The van der Waals surface area contributed by atoms with Crippen molar-refractivity contribution in [3.8, 4) is 5.75 Å². The molecule has 0 aliphatic carbocycles. The molecule has 22 heavy (non-hydrogen) atoms. The first kappa shape index (κ1) is 28.3. The Morgan fingerprint density at radius 1 is 1.36 bits per heavy atom. The van der Waals surface area contributed by atoms with Crippen LogP contribution in [0, 0.1) is 0 Å². The van der Waals surface area contributed by atoms with Crippen LogP contribution in [0.15, 0.2) is 51.9 Å². The summed E-state index contributed by atoms with van der Waals surface area (Å²) in [5, 5.41) is 9.48. The van der Waals surface area contributed by atoms with Gasteiger partial charge in [0.1, 0.15) is 5.56 Å². The number of rotatable bonds is 5. The number of aromatic hydroxyl groups is 1. The molecule has 0 aromatic carbocycles. The van der Waals surface area contributed by atoms with Crippen LogP contribution in [0.4, 0.5) is 0 Å². The Morgan fingerprint density at radius 3 is 2.23 bits per heavy atom. The van der Waals surface area contributed by atoms with Gasteiger partial charge in [-0.15, -0.1) is 11.8 Å². The molecular formula is C14H20N3O2Rb2S+. The minimum absolute atomic E-state index is 0. The molecule has 1 rings (SSSR count). The van der Waals surface area contributed by atoms with Gasteiger partial charge in [0.25, 0.3) is 0 Å². The number of thioether (sulfide) groups is 1. The number of allylic oxidation sites excluding steroid dienone is 2. The number of nitrogens with zero attached hydrogens (tertiary/aromatic N) is 1. The minimum Gasteiger partial charge on any atom is -0.532 e. The molecule has 0 unspecified atom stereocenters. The van der Waals surface area contributed by atoms with Crippen molar-refractivity contribution in [2.45, 2.75) is 13.8 Å². The molecule has 0 bridgehead atoms. The Labute approximate surface area is 233 Å². The molecule has 4 N–H and O–H groups in total. The van der Waals surface area contributed by atoms with Gasteiger partial charge in [0.15, 0.2) is 0 Å². The molecule has 1 aromatic rings. The van der Waals surface area contributed by atoms with Crippen molar-refractivity contribution >= 4 is 17.6 Å². The van der Waals surface area contributed by atoms with Gasteiger partial charge in [-0.2, -0.15) is 0 Å². The summed E-state index contributed by atoms with van der Waals surface area (Å²) < 4.78 is 0. The zero-order valence-electron chi connectivity index (χ0n) is 13.9. The largest absolute Gasteiger partial charge is 1.00 e. The number of aromatic amines is 1. The van der Waals surface area contributed by atoms with E-state index in [1.807, 2.05) is 20.1 Å². The number of aliphatic imine (C=N–C) groups is 1. The molecule has 0 spiro atoms. The molecule has 8 heteroatoms. The average molecular weight is 465 g/mol. The average Bonchev–Trinajstić information content (AvgIpc) is 2.80. The smallest absolute Gasteiger partial charge is 0.532 e. The quantitative estimate of drug-likeness (QED) is 0.182. The van der Waals surface area contributed by atoms with Crippen LogP contribution in [-0.4, -0.2) is 22.2 Å². The third-order valence-corrected chi connectivity index (χ3v) is 2.99. The molecule has 110 valence electrons. The molecule has 1 heterocycles. The third kappa shape index (κ3) is 8.58. The number of H-pyrrole nitrogens is 1. The number of aromatic nitrogens is 1. The SMILES string of the molecule is C=C/C(N=C(N)c1c(O)[cH-][nH]c1=O)=C(\C=C)SC.CC.[Rb+].[Rb+]. The van der Waals surface area contributed by atoms with Crippen LogP contribution < -0.4 is 128 Å². The van der Waals surface area contributed by atoms with Crippen molar-refractivity contribution < 1.29 is 121 Å². The van der Waals surface area contributed by atoms with E-state index in [0.717, 1.165) is 4.91 Å². The Kier molecular flexibility index (Phi) is 20.6. The van der Waals surface area contributed by atoms with E-state index < -0.39 is 5.56 Å². The Morgan fingerprint density at radius 2 is 1.91 bits per heavy atom. The summed E-state index contributed by atoms with van der Waals surface area (Å²) in [4.78, 5) is 18.6. The predicted octanol–water partition coefficient (Wildman–Crippen LogP) is -3.51. The van der Waals surface area contributed by atoms with Crippen LogP contribution in [-0.2, 0) is 0 Å². The van der Waals surface area contributed by atoms with E-state index in [2.05, 4.69) is 23.1 Å². The Hall–Kier alpha value is 1.53. The normalized spacial score (nSPS) is 11.0. The first-order valence-corrected chi connectivity index (χ1v) is 7.22. The summed E-state index contributed by atoms with van der Waals surface area (Å²) in [5.74, 6) is -0.295. The summed E-state index contributed by atoms with van der Waals surface area (Å²) in [5.41, 5.74) is 5.68. The molecule has 0 atom stereocenters. The second kappa shape index (κ2) is 16.0. The van der Waals surface area contributed by atoms with Gasteiger partial charge in [-0.1, -0.05) is 39.3 Å².